The third-order valence-corrected chi connectivity index (χ3v) is 5.85. The van der Waals surface area contributed by atoms with Crippen LogP contribution >= 0.6 is 11.8 Å². The molecule has 3 rings (SSSR count). The Balaban J connectivity index is 1.83. The highest BCUT2D eigenvalue weighted by molar-refractivity contribution is 7.99. The van der Waals surface area contributed by atoms with Crippen molar-refractivity contribution in [3.05, 3.63) is 47.3 Å². The molecule has 2 aromatic rings. The van der Waals surface area contributed by atoms with E-state index in [1.807, 2.05) is 47.0 Å². The number of thioether (sulfide) groups is 1. The minimum atomic E-state index is -0.410. The number of carbonyl (C=O) groups is 2. The quantitative estimate of drug-likeness (QED) is 0.643. The van der Waals surface area contributed by atoms with Gasteiger partial charge in [-0.25, -0.2) is 9.48 Å². The molecule has 0 radical (unpaired) electrons. The topological polar surface area (TPSA) is 64.4 Å². The number of carbonyl (C=O) groups excluding carboxylic acids is 2. The van der Waals surface area contributed by atoms with Gasteiger partial charge in [-0.15, -0.1) is 0 Å². The summed E-state index contributed by atoms with van der Waals surface area (Å²) in [6, 6.07) is 9.29. The number of hydrogen-bond donors (Lipinski definition) is 0. The van der Waals surface area contributed by atoms with E-state index in [0.29, 0.717) is 23.8 Å². The van der Waals surface area contributed by atoms with Crippen LogP contribution in [0.5, 0.6) is 0 Å². The Hall–Kier alpha value is -2.28. The second kappa shape index (κ2) is 9.96. The monoisotopic (exact) mass is 415 g/mol. The van der Waals surface area contributed by atoms with E-state index in [4.69, 9.17) is 4.74 Å². The van der Waals surface area contributed by atoms with Gasteiger partial charge in [-0.05, 0) is 56.0 Å². The Morgan fingerprint density at radius 1 is 1.17 bits per heavy atom. The fraction of sp³-hybridized carbons (Fsp3) is 0.500. The molecular formula is C22H29N3O3S. The van der Waals surface area contributed by atoms with E-state index in [1.54, 1.807) is 11.6 Å². The second-order valence-electron chi connectivity index (χ2n) is 7.54. The first kappa shape index (κ1) is 21.4. The summed E-state index contributed by atoms with van der Waals surface area (Å²) in [6.45, 7) is 8.04. The SMILES string of the molecule is CCOC(=O)c1cc(CCC(C)C)n(-c2ccc(C(=O)N3CCSCC3)cc2)n1. The standard InChI is InChI=1S/C22H29N3O3S/c1-4-28-22(27)20-15-19(8-5-16(2)3)25(23-20)18-9-6-17(7-10-18)21(26)24-11-13-29-14-12-24/h6-7,9-10,15-16H,4-5,8,11-14H2,1-3H3. The van der Waals surface area contributed by atoms with Gasteiger partial charge in [0.25, 0.3) is 5.91 Å². The van der Waals surface area contributed by atoms with Crippen LogP contribution in [0.2, 0.25) is 0 Å². The first-order chi connectivity index (χ1) is 14.0. The number of rotatable bonds is 7. The van der Waals surface area contributed by atoms with E-state index in [9.17, 15) is 9.59 Å². The molecule has 0 atom stereocenters. The molecule has 1 saturated heterocycles. The van der Waals surface area contributed by atoms with Gasteiger partial charge in [0.15, 0.2) is 5.69 Å². The third kappa shape index (κ3) is 5.41. The van der Waals surface area contributed by atoms with E-state index >= 15 is 0 Å². The molecule has 0 saturated carbocycles. The van der Waals surface area contributed by atoms with Crippen molar-refractivity contribution in [2.45, 2.75) is 33.6 Å². The van der Waals surface area contributed by atoms with Crippen molar-refractivity contribution >= 4 is 23.6 Å². The lowest BCUT2D eigenvalue weighted by molar-refractivity contribution is 0.0518. The van der Waals surface area contributed by atoms with Gasteiger partial charge in [-0.1, -0.05) is 13.8 Å². The summed E-state index contributed by atoms with van der Waals surface area (Å²) in [5.41, 5.74) is 2.80. The summed E-state index contributed by atoms with van der Waals surface area (Å²) in [4.78, 5) is 26.7. The normalized spacial score (nSPS) is 14.3. The first-order valence-electron chi connectivity index (χ1n) is 10.2. The number of aryl methyl sites for hydroxylation is 1. The lowest BCUT2D eigenvalue weighted by atomic mass is 10.1. The first-order valence-corrected chi connectivity index (χ1v) is 11.4. The Morgan fingerprint density at radius 2 is 1.86 bits per heavy atom. The van der Waals surface area contributed by atoms with Crippen LogP contribution in [0.15, 0.2) is 30.3 Å². The van der Waals surface area contributed by atoms with Gasteiger partial charge >= 0.3 is 5.97 Å². The maximum absolute atomic E-state index is 12.7. The van der Waals surface area contributed by atoms with Crippen LogP contribution in [0.1, 0.15) is 53.7 Å². The summed E-state index contributed by atoms with van der Waals surface area (Å²) in [5.74, 6) is 2.20. The Bertz CT molecular complexity index is 839. The van der Waals surface area contributed by atoms with Crippen LogP contribution < -0.4 is 0 Å². The fourth-order valence-corrected chi connectivity index (χ4v) is 4.16. The number of ether oxygens (including phenoxy) is 1. The average molecular weight is 416 g/mol. The lowest BCUT2D eigenvalue weighted by Gasteiger charge is -2.26. The largest absolute Gasteiger partial charge is 0.461 e. The predicted molar refractivity (Wildman–Crippen MR) is 116 cm³/mol. The van der Waals surface area contributed by atoms with Crippen molar-refractivity contribution in [3.8, 4) is 5.69 Å². The third-order valence-electron chi connectivity index (χ3n) is 4.90. The zero-order valence-corrected chi connectivity index (χ0v) is 18.2. The molecule has 0 spiro atoms. The smallest absolute Gasteiger partial charge is 0.358 e. The highest BCUT2D eigenvalue weighted by atomic mass is 32.2. The summed E-state index contributed by atoms with van der Waals surface area (Å²) < 4.78 is 6.90. The molecule has 0 aliphatic carbocycles. The molecule has 156 valence electrons. The molecule has 6 nitrogen and oxygen atoms in total. The molecule has 1 fully saturated rings. The molecule has 1 aliphatic heterocycles. The highest BCUT2D eigenvalue weighted by Gasteiger charge is 2.20. The Morgan fingerprint density at radius 3 is 2.48 bits per heavy atom. The van der Waals surface area contributed by atoms with Crippen molar-refractivity contribution in [2.75, 3.05) is 31.2 Å². The van der Waals surface area contributed by atoms with Gasteiger partial charge in [0.1, 0.15) is 0 Å². The van der Waals surface area contributed by atoms with Crippen LogP contribution in [0.25, 0.3) is 5.69 Å². The molecule has 1 amide bonds. The van der Waals surface area contributed by atoms with Crippen molar-refractivity contribution in [1.82, 2.24) is 14.7 Å². The molecule has 0 N–H and O–H groups in total. The van der Waals surface area contributed by atoms with Gasteiger partial charge < -0.3 is 9.64 Å². The van der Waals surface area contributed by atoms with Crippen LogP contribution in [0, 0.1) is 5.92 Å². The van der Waals surface area contributed by atoms with E-state index in [-0.39, 0.29) is 5.91 Å². The van der Waals surface area contributed by atoms with Crippen molar-refractivity contribution < 1.29 is 14.3 Å². The Kier molecular flexibility index (Phi) is 7.36. The minimum absolute atomic E-state index is 0.0737. The van der Waals surface area contributed by atoms with Gasteiger partial charge in [0.2, 0.25) is 0 Å². The van der Waals surface area contributed by atoms with Crippen LogP contribution in [-0.4, -0.2) is 57.8 Å². The van der Waals surface area contributed by atoms with E-state index in [0.717, 1.165) is 48.8 Å². The van der Waals surface area contributed by atoms with Gasteiger partial charge in [0.05, 0.1) is 12.3 Å². The van der Waals surface area contributed by atoms with Crippen LogP contribution in [-0.2, 0) is 11.2 Å². The molecule has 7 heteroatoms. The summed E-state index contributed by atoms with van der Waals surface area (Å²) >= 11 is 1.88. The van der Waals surface area contributed by atoms with Gasteiger partial charge in [-0.2, -0.15) is 16.9 Å². The number of nitrogens with zero attached hydrogens (tertiary/aromatic N) is 3. The number of esters is 1. The number of hydrogen-bond acceptors (Lipinski definition) is 5. The summed E-state index contributed by atoms with van der Waals surface area (Å²) in [6.07, 6.45) is 1.81. The molecule has 29 heavy (non-hydrogen) atoms. The molecule has 1 aliphatic rings. The molecule has 0 unspecified atom stereocenters. The van der Waals surface area contributed by atoms with Crippen LogP contribution in [0.4, 0.5) is 0 Å². The molecule has 1 aromatic heterocycles. The second-order valence-corrected chi connectivity index (χ2v) is 8.76. The van der Waals surface area contributed by atoms with E-state index < -0.39 is 5.97 Å². The molecule has 2 heterocycles. The number of amides is 1. The summed E-state index contributed by atoms with van der Waals surface area (Å²) in [7, 11) is 0. The van der Waals surface area contributed by atoms with Crippen molar-refractivity contribution in [3.63, 3.8) is 0 Å². The molecule has 1 aromatic carbocycles. The lowest BCUT2D eigenvalue weighted by Crippen LogP contribution is -2.37. The maximum atomic E-state index is 12.7. The number of benzene rings is 1. The zero-order chi connectivity index (χ0) is 20.8. The van der Waals surface area contributed by atoms with Crippen LogP contribution in [0.3, 0.4) is 0 Å². The fourth-order valence-electron chi connectivity index (χ4n) is 3.26. The van der Waals surface area contributed by atoms with Crippen molar-refractivity contribution in [1.29, 1.82) is 0 Å². The maximum Gasteiger partial charge on any atom is 0.358 e. The van der Waals surface area contributed by atoms with Gasteiger partial charge in [-0.3, -0.25) is 4.79 Å². The highest BCUT2D eigenvalue weighted by Crippen LogP contribution is 2.19. The van der Waals surface area contributed by atoms with E-state index in [1.165, 1.54) is 0 Å². The van der Waals surface area contributed by atoms with E-state index in [2.05, 4.69) is 18.9 Å². The summed E-state index contributed by atoms with van der Waals surface area (Å²) in [5, 5.41) is 4.49. The molecular weight excluding hydrogens is 386 g/mol. The zero-order valence-electron chi connectivity index (χ0n) is 17.4. The van der Waals surface area contributed by atoms with Gasteiger partial charge in [0, 0.05) is 35.9 Å². The Labute approximate surface area is 176 Å². The number of aromatic nitrogens is 2. The average Bonchev–Trinajstić information content (AvgIpc) is 3.17. The predicted octanol–water partition coefficient (Wildman–Crippen LogP) is 3.83. The minimum Gasteiger partial charge on any atom is -0.461 e. The van der Waals surface area contributed by atoms with Crippen molar-refractivity contribution in [2.24, 2.45) is 5.92 Å². The molecule has 0 bridgehead atoms.